The molecule has 0 spiro atoms. The fourth-order valence-corrected chi connectivity index (χ4v) is 5.68. The highest BCUT2D eigenvalue weighted by molar-refractivity contribution is 7.18. The van der Waals surface area contributed by atoms with Crippen LogP contribution in [0.1, 0.15) is 45.4 Å². The lowest BCUT2D eigenvalue weighted by Gasteiger charge is -2.48. The zero-order valence-electron chi connectivity index (χ0n) is 9.65. The molecule has 0 radical (unpaired) electrons. The van der Waals surface area contributed by atoms with Crippen molar-refractivity contribution in [1.29, 1.82) is 0 Å². The summed E-state index contributed by atoms with van der Waals surface area (Å²) in [6.45, 7) is 2.26. The van der Waals surface area contributed by atoms with E-state index in [-0.39, 0.29) is 0 Å². The Morgan fingerprint density at radius 1 is 1.27 bits per heavy atom. The van der Waals surface area contributed by atoms with Crippen LogP contribution < -0.4 is 0 Å². The summed E-state index contributed by atoms with van der Waals surface area (Å²) in [6.07, 6.45) is 7.86. The number of fused-ring (bicyclic) bond motifs is 5. The molecule has 0 heterocycles. The molecule has 15 heavy (non-hydrogen) atoms. The van der Waals surface area contributed by atoms with Crippen molar-refractivity contribution in [2.45, 2.75) is 50.8 Å². The lowest BCUT2D eigenvalue weighted by molar-refractivity contribution is -0.0461. The molecule has 1 nitrogen and oxygen atoms in total. The number of hydrogen-bond acceptors (Lipinski definition) is 1. The van der Waals surface area contributed by atoms with E-state index in [9.17, 15) is 5.11 Å². The zero-order valence-corrected chi connectivity index (χ0v) is 10.8. The van der Waals surface area contributed by atoms with E-state index in [1.165, 1.54) is 25.7 Å². The molecule has 7 atom stereocenters. The Kier molecular flexibility index (Phi) is 2.42. The highest BCUT2D eigenvalue weighted by Gasteiger charge is 2.56. The van der Waals surface area contributed by atoms with Gasteiger partial charge in [-0.05, 0) is 68.1 Å². The summed E-state index contributed by atoms with van der Waals surface area (Å²) in [7, 11) is 2.75. The first-order valence-corrected chi connectivity index (χ1v) is 7.22. The maximum Gasteiger partial charge on any atom is 0.0809 e. The highest BCUT2D eigenvalue weighted by Crippen LogP contribution is 2.62. The van der Waals surface area contributed by atoms with E-state index in [0.29, 0.717) is 5.92 Å². The molecule has 0 saturated heterocycles. The summed E-state index contributed by atoms with van der Waals surface area (Å²) in [4.78, 5) is 0. The summed E-state index contributed by atoms with van der Waals surface area (Å²) in [5.41, 5.74) is 0. The maximum absolute atomic E-state index is 10.5. The molecule has 0 aromatic heterocycles. The third-order valence-electron chi connectivity index (χ3n) is 5.58. The van der Waals surface area contributed by atoms with Crippen molar-refractivity contribution in [3.05, 3.63) is 0 Å². The van der Waals surface area contributed by atoms with Gasteiger partial charge < -0.3 is 5.11 Å². The van der Waals surface area contributed by atoms with Gasteiger partial charge in [-0.25, -0.2) is 0 Å². The molecule has 7 unspecified atom stereocenters. The van der Waals surface area contributed by atoms with E-state index in [2.05, 4.69) is 16.2 Å². The molecule has 0 aromatic rings. The van der Waals surface area contributed by atoms with Crippen LogP contribution in [0.25, 0.3) is 0 Å². The van der Waals surface area contributed by atoms with Crippen molar-refractivity contribution in [2.75, 3.05) is 0 Å². The fraction of sp³-hybridized carbons (Fsp3) is 1.00. The summed E-state index contributed by atoms with van der Waals surface area (Å²) in [5, 5.41) is 10.0. The summed E-state index contributed by atoms with van der Waals surface area (Å²) in [6, 6.07) is 0. The third kappa shape index (κ3) is 1.42. The van der Waals surface area contributed by atoms with Crippen molar-refractivity contribution >= 4 is 9.24 Å². The summed E-state index contributed by atoms with van der Waals surface area (Å²) < 4.78 is 0. The predicted octanol–water partition coefficient (Wildman–Crippen LogP) is 3.03. The smallest absolute Gasteiger partial charge is 0.0809 e. The third-order valence-corrected chi connectivity index (χ3v) is 6.30. The van der Waals surface area contributed by atoms with Crippen molar-refractivity contribution in [2.24, 2.45) is 29.6 Å². The van der Waals surface area contributed by atoms with Gasteiger partial charge in [0.15, 0.2) is 0 Å². The van der Waals surface area contributed by atoms with Crippen molar-refractivity contribution in [3.63, 3.8) is 0 Å². The van der Waals surface area contributed by atoms with Crippen LogP contribution in [0.3, 0.4) is 0 Å². The fourth-order valence-electron chi connectivity index (χ4n) is 5.05. The zero-order chi connectivity index (χ0) is 10.6. The standard InChI is InChI=1S/C13H23OP/c1-2-11-12-9-4-3-8(7-9)10(12)5-6-13(11,14)15/h8-12,14H,2-7,15H2,1H3. The van der Waals surface area contributed by atoms with Crippen LogP contribution in [-0.4, -0.2) is 10.4 Å². The molecule has 2 heteroatoms. The Hall–Kier alpha value is 0.390. The van der Waals surface area contributed by atoms with Gasteiger partial charge in [0.1, 0.15) is 0 Å². The highest BCUT2D eigenvalue weighted by atomic mass is 31.0. The Labute approximate surface area is 95.2 Å². The molecule has 3 aliphatic rings. The van der Waals surface area contributed by atoms with Gasteiger partial charge in [-0.3, -0.25) is 0 Å². The first kappa shape index (κ1) is 10.5. The van der Waals surface area contributed by atoms with E-state index in [1.54, 1.807) is 0 Å². The van der Waals surface area contributed by atoms with Crippen LogP contribution in [0.4, 0.5) is 0 Å². The molecule has 1 N–H and O–H groups in total. The SMILES string of the molecule is CCC1C2C3CCC(C3)C2CCC1(O)P. The molecule has 3 rings (SSSR count). The van der Waals surface area contributed by atoms with Crippen LogP contribution in [0.2, 0.25) is 0 Å². The first-order valence-electron chi connectivity index (χ1n) is 6.64. The largest absolute Gasteiger partial charge is 0.386 e. The monoisotopic (exact) mass is 226 g/mol. The van der Waals surface area contributed by atoms with Crippen molar-refractivity contribution < 1.29 is 5.11 Å². The molecule has 0 amide bonds. The molecular weight excluding hydrogens is 203 g/mol. The van der Waals surface area contributed by atoms with Gasteiger partial charge in [0, 0.05) is 0 Å². The predicted molar refractivity (Wildman–Crippen MR) is 65.5 cm³/mol. The molecule has 3 saturated carbocycles. The molecule has 3 fully saturated rings. The minimum absolute atomic E-state index is 0.444. The maximum atomic E-state index is 10.5. The minimum Gasteiger partial charge on any atom is -0.386 e. The number of rotatable bonds is 1. The summed E-state index contributed by atoms with van der Waals surface area (Å²) in [5.74, 6) is 4.35. The average Bonchev–Trinajstić information content (AvgIpc) is 2.76. The Balaban J connectivity index is 1.89. The minimum atomic E-state index is -0.444. The molecule has 86 valence electrons. The van der Waals surface area contributed by atoms with Gasteiger partial charge in [0.25, 0.3) is 0 Å². The summed E-state index contributed by atoms with van der Waals surface area (Å²) >= 11 is 0. The van der Waals surface area contributed by atoms with Crippen LogP contribution >= 0.6 is 9.24 Å². The number of aliphatic hydroxyl groups is 1. The topological polar surface area (TPSA) is 20.2 Å². The Morgan fingerprint density at radius 2 is 2.00 bits per heavy atom. The van der Waals surface area contributed by atoms with Crippen molar-refractivity contribution in [1.82, 2.24) is 0 Å². The Bertz CT molecular complexity index is 263. The van der Waals surface area contributed by atoms with Gasteiger partial charge in [0.05, 0.1) is 5.34 Å². The molecule has 3 aliphatic carbocycles. The van der Waals surface area contributed by atoms with E-state index < -0.39 is 5.34 Å². The lowest BCUT2D eigenvalue weighted by atomic mass is 9.63. The quantitative estimate of drug-likeness (QED) is 0.681. The molecule has 2 bridgehead atoms. The van der Waals surface area contributed by atoms with Crippen LogP contribution in [0, 0.1) is 29.6 Å². The van der Waals surface area contributed by atoms with Gasteiger partial charge in [-0.2, -0.15) is 0 Å². The van der Waals surface area contributed by atoms with Crippen LogP contribution in [-0.2, 0) is 0 Å². The van der Waals surface area contributed by atoms with Gasteiger partial charge >= 0.3 is 0 Å². The second-order valence-corrected chi connectivity index (χ2v) is 7.12. The molecular formula is C13H23OP. The molecule has 0 aromatic carbocycles. The second-order valence-electron chi connectivity index (χ2n) is 6.12. The van der Waals surface area contributed by atoms with E-state index in [1.807, 2.05) is 0 Å². The van der Waals surface area contributed by atoms with E-state index in [4.69, 9.17) is 0 Å². The van der Waals surface area contributed by atoms with E-state index >= 15 is 0 Å². The lowest BCUT2D eigenvalue weighted by Crippen LogP contribution is -2.46. The van der Waals surface area contributed by atoms with Gasteiger partial charge in [-0.1, -0.05) is 6.92 Å². The Morgan fingerprint density at radius 3 is 2.73 bits per heavy atom. The van der Waals surface area contributed by atoms with Crippen LogP contribution in [0.5, 0.6) is 0 Å². The van der Waals surface area contributed by atoms with Crippen molar-refractivity contribution in [3.8, 4) is 0 Å². The second kappa shape index (κ2) is 3.44. The van der Waals surface area contributed by atoms with E-state index in [0.717, 1.165) is 36.5 Å². The van der Waals surface area contributed by atoms with Gasteiger partial charge in [0.2, 0.25) is 0 Å². The normalized spacial score (nSPS) is 58.2. The number of hydrogen-bond donors (Lipinski definition) is 1. The average molecular weight is 226 g/mol. The van der Waals surface area contributed by atoms with Crippen LogP contribution in [0.15, 0.2) is 0 Å². The molecule has 0 aliphatic heterocycles. The van der Waals surface area contributed by atoms with Gasteiger partial charge in [-0.15, -0.1) is 9.24 Å². The first-order chi connectivity index (χ1) is 7.13.